The zero-order valence-electron chi connectivity index (χ0n) is 17.8. The first kappa shape index (κ1) is 19.4. The van der Waals surface area contributed by atoms with E-state index in [-0.39, 0.29) is 0 Å². The van der Waals surface area contributed by atoms with Crippen LogP contribution in [0.5, 0.6) is 0 Å². The van der Waals surface area contributed by atoms with Crippen LogP contribution >= 0.6 is 0 Å². The highest BCUT2D eigenvalue weighted by Gasteiger charge is 2.53. The van der Waals surface area contributed by atoms with Crippen molar-refractivity contribution >= 4 is 9.84 Å². The summed E-state index contributed by atoms with van der Waals surface area (Å²) in [6.07, 6.45) is 6.03. The molecular weight excluding hydrogens is 420 g/mol. The maximum absolute atomic E-state index is 11.8. The number of nitrogens with zero attached hydrogens (tertiary/aromatic N) is 4. The summed E-state index contributed by atoms with van der Waals surface area (Å²) in [7, 11) is -3.23. The van der Waals surface area contributed by atoms with Gasteiger partial charge in [0.1, 0.15) is 11.5 Å². The number of sulfone groups is 1. The molecule has 0 saturated heterocycles. The molecule has 1 unspecified atom stereocenters. The molecule has 0 radical (unpaired) electrons. The minimum Gasteiger partial charge on any atom is -0.324 e. The number of imidazole rings is 1. The molecule has 6 rings (SSSR count). The first-order valence-electron chi connectivity index (χ1n) is 10.7. The van der Waals surface area contributed by atoms with Gasteiger partial charge >= 0.3 is 0 Å². The van der Waals surface area contributed by atoms with Crippen molar-refractivity contribution in [2.75, 3.05) is 6.26 Å². The lowest BCUT2D eigenvalue weighted by atomic mass is 10.0. The number of rotatable bonds is 4. The predicted octanol–water partition coefficient (Wildman–Crippen LogP) is 4.76. The number of pyridine rings is 2. The van der Waals surface area contributed by atoms with E-state index in [0.29, 0.717) is 22.8 Å². The van der Waals surface area contributed by atoms with Gasteiger partial charge in [0, 0.05) is 41.7 Å². The van der Waals surface area contributed by atoms with Gasteiger partial charge in [0.2, 0.25) is 0 Å². The molecule has 3 atom stereocenters. The number of fused-ring (bicyclic) bond motifs is 3. The summed E-state index contributed by atoms with van der Waals surface area (Å²) in [5, 5.41) is 0. The SMILES string of the molecule is C[C@@H]1C2C[C@H]2c2nc(-c3ccccn3)c(-c3ccnc(-c4ccc(S(C)(=O)=O)cc4)c3)n21. The standard InChI is InChI=1S/C25H22N4O2S/c1-15-19-14-20(19)25-28-23(21-5-3-4-11-26-21)24(29(15)25)17-10-12-27-22(13-17)16-6-8-18(9-7-16)32(2,30)31/h3-13,15,19-20H,14H2,1-2H3/t15-,19?,20-/m1/s1. The summed E-state index contributed by atoms with van der Waals surface area (Å²) in [4.78, 5) is 14.5. The molecule has 2 aliphatic rings. The number of hydrogen-bond donors (Lipinski definition) is 0. The Labute approximate surface area is 186 Å². The molecule has 1 fully saturated rings. The molecule has 6 nitrogen and oxygen atoms in total. The van der Waals surface area contributed by atoms with Crippen molar-refractivity contribution < 1.29 is 8.42 Å². The van der Waals surface area contributed by atoms with Crippen molar-refractivity contribution in [1.29, 1.82) is 0 Å². The van der Waals surface area contributed by atoms with E-state index >= 15 is 0 Å². The number of aromatic nitrogens is 4. The fraction of sp³-hybridized carbons (Fsp3) is 0.240. The van der Waals surface area contributed by atoms with Crippen LogP contribution in [0.2, 0.25) is 0 Å². The second-order valence-corrected chi connectivity index (χ2v) is 10.7. The van der Waals surface area contributed by atoms with Crippen LogP contribution < -0.4 is 0 Å². The largest absolute Gasteiger partial charge is 0.324 e. The van der Waals surface area contributed by atoms with E-state index in [4.69, 9.17) is 4.98 Å². The van der Waals surface area contributed by atoms with Crippen LogP contribution in [0.15, 0.2) is 71.9 Å². The molecular formula is C25H22N4O2S. The molecule has 1 saturated carbocycles. The molecule has 4 heterocycles. The third-order valence-electron chi connectivity index (χ3n) is 6.66. The van der Waals surface area contributed by atoms with Gasteiger partial charge in [0.15, 0.2) is 9.84 Å². The summed E-state index contributed by atoms with van der Waals surface area (Å²) in [6.45, 7) is 2.28. The normalized spacial score (nSPS) is 21.2. The molecule has 3 aromatic heterocycles. The van der Waals surface area contributed by atoms with Crippen LogP contribution in [-0.2, 0) is 9.84 Å². The Morgan fingerprint density at radius 2 is 1.72 bits per heavy atom. The van der Waals surface area contributed by atoms with Gasteiger partial charge in [-0.15, -0.1) is 0 Å². The molecule has 160 valence electrons. The van der Waals surface area contributed by atoms with Crippen molar-refractivity contribution in [1.82, 2.24) is 19.5 Å². The summed E-state index contributed by atoms with van der Waals surface area (Å²) < 4.78 is 26.0. The van der Waals surface area contributed by atoms with Crippen molar-refractivity contribution in [3.05, 3.63) is 72.8 Å². The quantitative estimate of drug-likeness (QED) is 0.456. The molecule has 4 aromatic rings. The van der Waals surface area contributed by atoms with Crippen LogP contribution in [0.25, 0.3) is 33.9 Å². The number of benzene rings is 1. The zero-order chi connectivity index (χ0) is 22.0. The van der Waals surface area contributed by atoms with E-state index in [1.807, 2.05) is 24.3 Å². The molecule has 32 heavy (non-hydrogen) atoms. The van der Waals surface area contributed by atoms with Gasteiger partial charge < -0.3 is 4.57 Å². The first-order valence-corrected chi connectivity index (χ1v) is 12.6. The van der Waals surface area contributed by atoms with Crippen LogP contribution in [0, 0.1) is 5.92 Å². The Kier molecular flexibility index (Phi) is 4.14. The van der Waals surface area contributed by atoms with Gasteiger partial charge in [0.25, 0.3) is 0 Å². The molecule has 1 aromatic carbocycles. The topological polar surface area (TPSA) is 77.7 Å². The van der Waals surface area contributed by atoms with E-state index in [9.17, 15) is 8.42 Å². The molecule has 0 N–H and O–H groups in total. The van der Waals surface area contributed by atoms with Crippen LogP contribution in [0.4, 0.5) is 0 Å². The Balaban J connectivity index is 1.49. The molecule has 0 amide bonds. The van der Waals surface area contributed by atoms with E-state index in [2.05, 4.69) is 27.5 Å². The van der Waals surface area contributed by atoms with Crippen molar-refractivity contribution in [3.63, 3.8) is 0 Å². The lowest BCUT2D eigenvalue weighted by Gasteiger charge is -2.16. The van der Waals surface area contributed by atoms with Gasteiger partial charge in [-0.2, -0.15) is 0 Å². The van der Waals surface area contributed by atoms with E-state index in [0.717, 1.165) is 39.7 Å². The Bertz CT molecular complexity index is 1440. The minimum atomic E-state index is -3.23. The lowest BCUT2D eigenvalue weighted by Crippen LogP contribution is -2.06. The van der Waals surface area contributed by atoms with Crippen LogP contribution in [0.1, 0.15) is 31.1 Å². The van der Waals surface area contributed by atoms with Crippen LogP contribution in [-0.4, -0.2) is 34.2 Å². The maximum Gasteiger partial charge on any atom is 0.175 e. The highest BCUT2D eigenvalue weighted by Crippen LogP contribution is 2.61. The highest BCUT2D eigenvalue weighted by atomic mass is 32.2. The molecule has 0 bridgehead atoms. The summed E-state index contributed by atoms with van der Waals surface area (Å²) in [5.41, 5.74) is 5.55. The fourth-order valence-corrected chi connectivity index (χ4v) is 5.56. The third kappa shape index (κ3) is 2.99. The average molecular weight is 443 g/mol. The third-order valence-corrected chi connectivity index (χ3v) is 7.78. The fourth-order valence-electron chi connectivity index (χ4n) is 4.93. The molecule has 7 heteroatoms. The van der Waals surface area contributed by atoms with E-state index in [1.54, 1.807) is 36.7 Å². The van der Waals surface area contributed by atoms with Crippen LogP contribution in [0.3, 0.4) is 0 Å². The first-order chi connectivity index (χ1) is 15.4. The van der Waals surface area contributed by atoms with Crippen molar-refractivity contribution in [2.45, 2.75) is 30.2 Å². The van der Waals surface area contributed by atoms with Gasteiger partial charge in [0.05, 0.1) is 22.0 Å². The van der Waals surface area contributed by atoms with E-state index in [1.165, 1.54) is 12.7 Å². The summed E-state index contributed by atoms with van der Waals surface area (Å²) >= 11 is 0. The number of hydrogen-bond acceptors (Lipinski definition) is 5. The van der Waals surface area contributed by atoms with Crippen molar-refractivity contribution in [2.24, 2.45) is 5.92 Å². The van der Waals surface area contributed by atoms with Crippen molar-refractivity contribution in [3.8, 4) is 33.9 Å². The maximum atomic E-state index is 11.8. The molecule has 1 aliphatic heterocycles. The molecule has 1 aliphatic carbocycles. The lowest BCUT2D eigenvalue weighted by molar-refractivity contribution is 0.523. The minimum absolute atomic E-state index is 0.302. The Morgan fingerprint density at radius 3 is 2.44 bits per heavy atom. The van der Waals surface area contributed by atoms with Gasteiger partial charge in [-0.25, -0.2) is 13.4 Å². The summed E-state index contributed by atoms with van der Waals surface area (Å²) in [5.74, 6) is 2.39. The second-order valence-electron chi connectivity index (χ2n) is 8.73. The molecule has 0 spiro atoms. The smallest absolute Gasteiger partial charge is 0.175 e. The Morgan fingerprint density at radius 1 is 0.938 bits per heavy atom. The van der Waals surface area contributed by atoms with Gasteiger partial charge in [-0.3, -0.25) is 9.97 Å². The Hall–Kier alpha value is -3.32. The van der Waals surface area contributed by atoms with Gasteiger partial charge in [-0.1, -0.05) is 18.2 Å². The summed E-state index contributed by atoms with van der Waals surface area (Å²) in [6, 6.07) is 17.3. The highest BCUT2D eigenvalue weighted by molar-refractivity contribution is 7.90. The zero-order valence-corrected chi connectivity index (χ0v) is 18.6. The van der Waals surface area contributed by atoms with Gasteiger partial charge in [-0.05, 0) is 55.7 Å². The van der Waals surface area contributed by atoms with E-state index < -0.39 is 9.84 Å². The second kappa shape index (κ2) is 6.84. The predicted molar refractivity (Wildman–Crippen MR) is 123 cm³/mol. The average Bonchev–Trinajstić information content (AvgIpc) is 3.43. The monoisotopic (exact) mass is 442 g/mol.